The van der Waals surface area contributed by atoms with Gasteiger partial charge in [-0.1, -0.05) is 20.3 Å². The van der Waals surface area contributed by atoms with E-state index in [2.05, 4.69) is 11.9 Å². The maximum atomic E-state index is 12.0. The number of likely N-dealkylation sites (tertiary alicyclic amines) is 1. The molecule has 1 aliphatic heterocycles. The van der Waals surface area contributed by atoms with Crippen LogP contribution in [0.1, 0.15) is 33.1 Å². The van der Waals surface area contributed by atoms with Crippen LogP contribution < -0.4 is 5.73 Å². The Morgan fingerprint density at radius 2 is 2.12 bits per heavy atom. The van der Waals surface area contributed by atoms with Crippen LogP contribution in [0.25, 0.3) is 0 Å². The molecule has 1 fully saturated rings. The van der Waals surface area contributed by atoms with Gasteiger partial charge in [-0.2, -0.15) is 0 Å². The fourth-order valence-electron chi connectivity index (χ4n) is 2.32. The minimum Gasteiger partial charge on any atom is -0.343 e. The van der Waals surface area contributed by atoms with Crippen LogP contribution in [0.2, 0.25) is 0 Å². The molecule has 0 saturated carbocycles. The van der Waals surface area contributed by atoms with E-state index in [1.807, 2.05) is 20.9 Å². The first kappa shape index (κ1) is 14.5. The van der Waals surface area contributed by atoms with Crippen LogP contribution >= 0.6 is 0 Å². The summed E-state index contributed by atoms with van der Waals surface area (Å²) in [6.07, 6.45) is 3.73. The Balaban J connectivity index is 2.47. The molecule has 0 unspecified atom stereocenters. The van der Waals surface area contributed by atoms with Crippen LogP contribution in [0.3, 0.4) is 0 Å². The van der Waals surface area contributed by atoms with Crippen molar-refractivity contribution in [2.45, 2.75) is 45.2 Å². The highest BCUT2D eigenvalue weighted by Crippen LogP contribution is 2.16. The third kappa shape index (κ3) is 3.96. The van der Waals surface area contributed by atoms with Crippen LogP contribution in [-0.2, 0) is 4.79 Å². The molecule has 0 bridgehead atoms. The summed E-state index contributed by atoms with van der Waals surface area (Å²) in [5.74, 6) is 0.271. The predicted octanol–water partition coefficient (Wildman–Crippen LogP) is 0.912. The normalized spacial score (nSPS) is 23.8. The molecule has 1 heterocycles. The Morgan fingerprint density at radius 3 is 2.65 bits per heavy atom. The number of amides is 1. The Hall–Kier alpha value is -0.610. The van der Waals surface area contributed by atoms with Gasteiger partial charge in [-0.05, 0) is 32.4 Å². The van der Waals surface area contributed by atoms with Gasteiger partial charge >= 0.3 is 0 Å². The number of hydrogen-bond donors (Lipinski definition) is 1. The molecule has 4 heteroatoms. The molecule has 1 amide bonds. The van der Waals surface area contributed by atoms with Gasteiger partial charge in [0, 0.05) is 19.6 Å². The highest BCUT2D eigenvalue weighted by atomic mass is 16.2. The number of nitrogens with zero attached hydrogens (tertiary/aromatic N) is 2. The standard InChI is InChI=1S/C13H27N3O/c1-10(2)12(14)13(17)16(4)9-11-7-5-6-8-15(11)3/h10-12H,5-9,14H2,1-4H3/t11-,12+/m1/s1. The van der Waals surface area contributed by atoms with Crippen LogP contribution in [0.4, 0.5) is 0 Å². The van der Waals surface area contributed by atoms with E-state index >= 15 is 0 Å². The van der Waals surface area contributed by atoms with Crippen molar-refractivity contribution in [1.82, 2.24) is 9.80 Å². The average molecular weight is 241 g/mol. The van der Waals surface area contributed by atoms with Gasteiger partial charge in [-0.15, -0.1) is 0 Å². The summed E-state index contributed by atoms with van der Waals surface area (Å²) in [6, 6.07) is 0.131. The minimum atomic E-state index is -0.367. The molecule has 0 aliphatic carbocycles. The lowest BCUT2D eigenvalue weighted by molar-refractivity contribution is -0.133. The molecule has 2 N–H and O–H groups in total. The molecule has 100 valence electrons. The summed E-state index contributed by atoms with van der Waals surface area (Å²) in [4.78, 5) is 16.2. The third-order valence-corrected chi connectivity index (χ3v) is 3.79. The number of hydrogen-bond acceptors (Lipinski definition) is 3. The van der Waals surface area contributed by atoms with Crippen molar-refractivity contribution < 1.29 is 4.79 Å². The molecule has 0 radical (unpaired) electrons. The molecule has 0 aromatic heterocycles. The van der Waals surface area contributed by atoms with Crippen molar-refractivity contribution in [2.24, 2.45) is 11.7 Å². The van der Waals surface area contributed by atoms with Gasteiger partial charge in [0.15, 0.2) is 0 Å². The number of piperidine rings is 1. The molecule has 1 saturated heterocycles. The quantitative estimate of drug-likeness (QED) is 0.796. The molecule has 0 spiro atoms. The van der Waals surface area contributed by atoms with Crippen molar-refractivity contribution in [3.8, 4) is 0 Å². The number of rotatable bonds is 4. The van der Waals surface area contributed by atoms with E-state index in [1.165, 1.54) is 19.3 Å². The van der Waals surface area contributed by atoms with Gasteiger partial charge in [0.05, 0.1) is 6.04 Å². The van der Waals surface area contributed by atoms with Crippen LogP contribution in [0.15, 0.2) is 0 Å². The zero-order chi connectivity index (χ0) is 13.0. The second-order valence-electron chi connectivity index (χ2n) is 5.62. The molecule has 4 nitrogen and oxygen atoms in total. The predicted molar refractivity (Wildman–Crippen MR) is 70.7 cm³/mol. The first-order valence-corrected chi connectivity index (χ1v) is 6.64. The SMILES string of the molecule is CC(C)[C@H](N)C(=O)N(C)C[C@H]1CCCCN1C. The molecule has 17 heavy (non-hydrogen) atoms. The van der Waals surface area contributed by atoms with Crippen LogP contribution in [-0.4, -0.2) is 55.0 Å². The highest BCUT2D eigenvalue weighted by Gasteiger charge is 2.25. The Labute approximate surface area is 105 Å². The minimum absolute atomic E-state index is 0.0685. The summed E-state index contributed by atoms with van der Waals surface area (Å²) in [5, 5.41) is 0. The maximum absolute atomic E-state index is 12.0. The molecular formula is C13H27N3O. The summed E-state index contributed by atoms with van der Waals surface area (Å²) in [5.41, 5.74) is 5.90. The van der Waals surface area contributed by atoms with E-state index in [1.54, 1.807) is 4.90 Å². The maximum Gasteiger partial charge on any atom is 0.239 e. The van der Waals surface area contributed by atoms with Gasteiger partial charge < -0.3 is 15.5 Å². The average Bonchev–Trinajstić information content (AvgIpc) is 2.30. The van der Waals surface area contributed by atoms with E-state index in [4.69, 9.17) is 5.73 Å². The lowest BCUT2D eigenvalue weighted by atomic mass is 10.0. The van der Waals surface area contributed by atoms with Gasteiger partial charge in [0.2, 0.25) is 5.91 Å². The van der Waals surface area contributed by atoms with E-state index < -0.39 is 0 Å². The third-order valence-electron chi connectivity index (χ3n) is 3.79. The number of nitrogens with two attached hydrogens (primary N) is 1. The van der Waals surface area contributed by atoms with E-state index in [0.29, 0.717) is 6.04 Å². The summed E-state index contributed by atoms with van der Waals surface area (Å²) in [7, 11) is 4.01. The second kappa shape index (κ2) is 6.36. The Morgan fingerprint density at radius 1 is 1.47 bits per heavy atom. The topological polar surface area (TPSA) is 49.6 Å². The summed E-state index contributed by atoms with van der Waals surface area (Å²) < 4.78 is 0. The molecular weight excluding hydrogens is 214 g/mol. The monoisotopic (exact) mass is 241 g/mol. The molecule has 0 aromatic carbocycles. The van der Waals surface area contributed by atoms with Gasteiger partial charge in [-0.3, -0.25) is 4.79 Å². The molecule has 1 rings (SSSR count). The molecule has 0 aromatic rings. The number of carbonyl (C=O) groups excluding carboxylic acids is 1. The Bertz CT molecular complexity index is 255. The zero-order valence-corrected chi connectivity index (χ0v) is 11.6. The van der Waals surface area contributed by atoms with E-state index in [0.717, 1.165) is 13.1 Å². The molecule has 2 atom stereocenters. The second-order valence-corrected chi connectivity index (χ2v) is 5.62. The lowest BCUT2D eigenvalue weighted by Crippen LogP contribution is -2.50. The van der Waals surface area contributed by atoms with Crippen molar-refractivity contribution in [1.29, 1.82) is 0 Å². The van der Waals surface area contributed by atoms with Crippen molar-refractivity contribution in [3.63, 3.8) is 0 Å². The summed E-state index contributed by atoms with van der Waals surface area (Å²) >= 11 is 0. The smallest absolute Gasteiger partial charge is 0.239 e. The van der Waals surface area contributed by atoms with Crippen molar-refractivity contribution >= 4 is 5.91 Å². The fraction of sp³-hybridized carbons (Fsp3) is 0.923. The van der Waals surface area contributed by atoms with Gasteiger partial charge in [0.1, 0.15) is 0 Å². The lowest BCUT2D eigenvalue weighted by Gasteiger charge is -2.36. The Kier molecular flexibility index (Phi) is 5.40. The fourth-order valence-corrected chi connectivity index (χ4v) is 2.32. The highest BCUT2D eigenvalue weighted by molar-refractivity contribution is 5.81. The number of likely N-dealkylation sites (N-methyl/N-ethyl adjacent to an activating group) is 2. The van der Waals surface area contributed by atoms with E-state index in [-0.39, 0.29) is 17.9 Å². The van der Waals surface area contributed by atoms with E-state index in [9.17, 15) is 4.79 Å². The van der Waals surface area contributed by atoms with Crippen LogP contribution in [0, 0.1) is 5.92 Å². The van der Waals surface area contributed by atoms with Gasteiger partial charge in [0.25, 0.3) is 0 Å². The zero-order valence-electron chi connectivity index (χ0n) is 11.6. The van der Waals surface area contributed by atoms with Crippen molar-refractivity contribution in [3.05, 3.63) is 0 Å². The van der Waals surface area contributed by atoms with Crippen LogP contribution in [0.5, 0.6) is 0 Å². The first-order chi connectivity index (χ1) is 7.93. The molecule has 1 aliphatic rings. The van der Waals surface area contributed by atoms with Gasteiger partial charge in [-0.25, -0.2) is 0 Å². The number of carbonyl (C=O) groups is 1. The van der Waals surface area contributed by atoms with Crippen molar-refractivity contribution in [2.75, 3.05) is 27.2 Å². The first-order valence-electron chi connectivity index (χ1n) is 6.64. The summed E-state index contributed by atoms with van der Waals surface area (Å²) in [6.45, 7) is 5.92. The largest absolute Gasteiger partial charge is 0.343 e.